The van der Waals surface area contributed by atoms with E-state index in [1.807, 2.05) is 0 Å². The molecule has 0 fully saturated rings. The lowest BCUT2D eigenvalue weighted by atomic mass is 10.3. The van der Waals surface area contributed by atoms with Crippen LogP contribution in [0.5, 0.6) is 0 Å². The van der Waals surface area contributed by atoms with E-state index in [1.54, 1.807) is 6.07 Å². The van der Waals surface area contributed by atoms with Crippen molar-refractivity contribution in [1.82, 2.24) is 9.97 Å². The average Bonchev–Trinajstić information content (AvgIpc) is 2.37. The van der Waals surface area contributed by atoms with Gasteiger partial charge in [-0.2, -0.15) is 0 Å². The number of benzene rings is 1. The molecule has 1 heterocycles. The van der Waals surface area contributed by atoms with Crippen LogP contribution in [0.3, 0.4) is 0 Å². The maximum atomic E-state index is 13.1. The van der Waals surface area contributed by atoms with Gasteiger partial charge < -0.3 is 10.1 Å². The van der Waals surface area contributed by atoms with Gasteiger partial charge in [-0.15, -0.1) is 0 Å². The Bertz CT molecular complexity index is 584. The predicted octanol–water partition coefficient (Wildman–Crippen LogP) is 2.80. The van der Waals surface area contributed by atoms with Gasteiger partial charge in [-0.05, 0) is 18.2 Å². The normalized spacial score (nSPS) is 10.1. The minimum absolute atomic E-state index is 0.0883. The summed E-state index contributed by atoms with van der Waals surface area (Å²) >= 11 is 5.72. The number of hydrogen-bond acceptors (Lipinski definition) is 5. The maximum absolute atomic E-state index is 13.1. The van der Waals surface area contributed by atoms with Crippen molar-refractivity contribution in [3.63, 3.8) is 0 Å². The van der Waals surface area contributed by atoms with E-state index >= 15 is 0 Å². The molecule has 0 amide bonds. The standard InChI is InChI=1S/C12H9ClFN3O2/c1-19-12(18)10-5-16-11(6-15-10)17-9-3-7(13)2-8(14)4-9/h2-6H,1H3,(H,16,17). The summed E-state index contributed by atoms with van der Waals surface area (Å²) < 4.78 is 17.6. The smallest absolute Gasteiger partial charge is 0.358 e. The number of nitrogens with one attached hydrogen (secondary N) is 1. The van der Waals surface area contributed by atoms with Gasteiger partial charge in [0.05, 0.1) is 19.5 Å². The minimum Gasteiger partial charge on any atom is -0.464 e. The SMILES string of the molecule is COC(=O)c1cnc(Nc2cc(F)cc(Cl)c2)cn1. The van der Waals surface area contributed by atoms with Crippen molar-refractivity contribution in [1.29, 1.82) is 0 Å². The summed E-state index contributed by atoms with van der Waals surface area (Å²) in [6, 6.07) is 4.00. The summed E-state index contributed by atoms with van der Waals surface area (Å²) in [7, 11) is 1.25. The summed E-state index contributed by atoms with van der Waals surface area (Å²) in [5, 5.41) is 3.08. The number of carbonyl (C=O) groups is 1. The molecule has 0 radical (unpaired) electrons. The van der Waals surface area contributed by atoms with Gasteiger partial charge in [0.2, 0.25) is 0 Å². The second-order valence-corrected chi connectivity index (χ2v) is 4.00. The molecule has 0 aliphatic rings. The van der Waals surface area contributed by atoms with Crippen molar-refractivity contribution in [2.24, 2.45) is 0 Å². The van der Waals surface area contributed by atoms with Gasteiger partial charge in [0.1, 0.15) is 11.6 Å². The Balaban J connectivity index is 2.17. The first-order chi connectivity index (χ1) is 9.08. The summed E-state index contributed by atoms with van der Waals surface area (Å²) in [4.78, 5) is 19.0. The van der Waals surface area contributed by atoms with E-state index < -0.39 is 11.8 Å². The highest BCUT2D eigenvalue weighted by molar-refractivity contribution is 6.30. The molecule has 5 nitrogen and oxygen atoms in total. The number of esters is 1. The molecule has 19 heavy (non-hydrogen) atoms. The van der Waals surface area contributed by atoms with E-state index in [4.69, 9.17) is 11.6 Å². The molecule has 0 bridgehead atoms. The molecule has 98 valence electrons. The molecule has 0 aliphatic heterocycles. The van der Waals surface area contributed by atoms with Gasteiger partial charge in [0, 0.05) is 10.7 Å². The van der Waals surface area contributed by atoms with Crippen molar-refractivity contribution in [3.05, 3.63) is 47.1 Å². The number of halogens is 2. The average molecular weight is 282 g/mol. The van der Waals surface area contributed by atoms with Crippen LogP contribution in [0.2, 0.25) is 5.02 Å². The molecule has 7 heteroatoms. The first-order valence-corrected chi connectivity index (χ1v) is 5.60. The fraction of sp³-hybridized carbons (Fsp3) is 0.0833. The first kappa shape index (κ1) is 13.2. The van der Waals surface area contributed by atoms with E-state index in [0.29, 0.717) is 11.5 Å². The Hall–Kier alpha value is -2.21. The molecule has 0 aliphatic carbocycles. The highest BCUT2D eigenvalue weighted by atomic mass is 35.5. The fourth-order valence-corrected chi connectivity index (χ4v) is 1.60. The van der Waals surface area contributed by atoms with E-state index in [9.17, 15) is 9.18 Å². The van der Waals surface area contributed by atoms with Crippen LogP contribution in [0, 0.1) is 5.82 Å². The zero-order valence-electron chi connectivity index (χ0n) is 9.85. The number of rotatable bonds is 3. The molecule has 1 N–H and O–H groups in total. The molecule has 1 aromatic carbocycles. The summed E-state index contributed by atoms with van der Waals surface area (Å²) in [6.45, 7) is 0. The summed E-state index contributed by atoms with van der Waals surface area (Å²) in [5.41, 5.74) is 0.524. The van der Waals surface area contributed by atoms with Crippen molar-refractivity contribution in [3.8, 4) is 0 Å². The number of aromatic nitrogens is 2. The second-order valence-electron chi connectivity index (χ2n) is 3.56. The molecule has 1 aromatic heterocycles. The van der Waals surface area contributed by atoms with Crippen LogP contribution < -0.4 is 5.32 Å². The van der Waals surface area contributed by atoms with Crippen molar-refractivity contribution in [2.45, 2.75) is 0 Å². The van der Waals surface area contributed by atoms with Gasteiger partial charge in [-0.25, -0.2) is 19.2 Å². The molecule has 0 atom stereocenters. The van der Waals surface area contributed by atoms with E-state index in [0.717, 1.165) is 0 Å². The topological polar surface area (TPSA) is 64.1 Å². The molecule has 2 aromatic rings. The van der Waals surface area contributed by atoms with Gasteiger partial charge in [-0.3, -0.25) is 0 Å². The number of hydrogen-bond donors (Lipinski definition) is 1. The number of methoxy groups -OCH3 is 1. The van der Waals surface area contributed by atoms with Crippen LogP contribution in [0.25, 0.3) is 0 Å². The largest absolute Gasteiger partial charge is 0.464 e. The molecular formula is C12H9ClFN3O2. The van der Waals surface area contributed by atoms with Crippen LogP contribution in [0.15, 0.2) is 30.6 Å². The first-order valence-electron chi connectivity index (χ1n) is 5.22. The lowest BCUT2D eigenvalue weighted by Gasteiger charge is -2.06. The Morgan fingerprint density at radius 3 is 2.68 bits per heavy atom. The molecule has 2 rings (SSSR count). The van der Waals surface area contributed by atoms with E-state index in [-0.39, 0.29) is 10.7 Å². The van der Waals surface area contributed by atoms with Crippen LogP contribution in [-0.2, 0) is 4.74 Å². The summed E-state index contributed by atoms with van der Waals surface area (Å²) in [6.07, 6.45) is 2.60. The zero-order chi connectivity index (χ0) is 13.8. The highest BCUT2D eigenvalue weighted by Gasteiger charge is 2.07. The van der Waals surface area contributed by atoms with Gasteiger partial charge in [0.15, 0.2) is 5.69 Å². The third kappa shape index (κ3) is 3.38. The van der Waals surface area contributed by atoms with Gasteiger partial charge >= 0.3 is 5.97 Å². The summed E-state index contributed by atoms with van der Waals surface area (Å²) in [5.74, 6) is -0.684. The second kappa shape index (κ2) is 5.62. The highest BCUT2D eigenvalue weighted by Crippen LogP contribution is 2.20. The Labute approximate surface area is 113 Å². The van der Waals surface area contributed by atoms with Gasteiger partial charge in [0.25, 0.3) is 0 Å². The zero-order valence-corrected chi connectivity index (χ0v) is 10.6. The lowest BCUT2D eigenvalue weighted by molar-refractivity contribution is 0.0593. The van der Waals surface area contributed by atoms with E-state index in [2.05, 4.69) is 20.0 Å². The number of carbonyl (C=O) groups excluding carboxylic acids is 1. The molecule has 0 saturated heterocycles. The predicted molar refractivity (Wildman–Crippen MR) is 68.1 cm³/mol. The van der Waals surface area contributed by atoms with Crippen LogP contribution in [-0.4, -0.2) is 23.0 Å². The van der Waals surface area contributed by atoms with Crippen LogP contribution in [0.1, 0.15) is 10.5 Å². The molecular weight excluding hydrogens is 273 g/mol. The fourth-order valence-electron chi connectivity index (χ4n) is 1.38. The lowest BCUT2D eigenvalue weighted by Crippen LogP contribution is -2.05. The number of nitrogens with zero attached hydrogens (tertiary/aromatic N) is 2. The van der Waals surface area contributed by atoms with Crippen LogP contribution in [0.4, 0.5) is 15.9 Å². The third-order valence-electron chi connectivity index (χ3n) is 2.18. The Morgan fingerprint density at radius 2 is 2.11 bits per heavy atom. The number of anilines is 2. The molecule has 0 spiro atoms. The minimum atomic E-state index is -0.576. The maximum Gasteiger partial charge on any atom is 0.358 e. The Kier molecular flexibility index (Phi) is 3.91. The number of ether oxygens (including phenoxy) is 1. The Morgan fingerprint density at radius 1 is 1.32 bits per heavy atom. The molecule has 0 unspecified atom stereocenters. The van der Waals surface area contributed by atoms with Crippen molar-refractivity contribution >= 4 is 29.1 Å². The monoisotopic (exact) mass is 281 g/mol. The third-order valence-corrected chi connectivity index (χ3v) is 2.40. The van der Waals surface area contributed by atoms with Crippen molar-refractivity contribution < 1.29 is 13.9 Å². The van der Waals surface area contributed by atoms with Crippen molar-refractivity contribution in [2.75, 3.05) is 12.4 Å². The molecule has 0 saturated carbocycles. The van der Waals surface area contributed by atoms with E-state index in [1.165, 1.54) is 31.6 Å². The van der Waals surface area contributed by atoms with Gasteiger partial charge in [-0.1, -0.05) is 11.6 Å². The van der Waals surface area contributed by atoms with Crippen LogP contribution >= 0.6 is 11.6 Å². The quantitative estimate of drug-likeness (QED) is 0.877.